The maximum atomic E-state index is 13.0. The monoisotopic (exact) mass is 319 g/mol. The van der Waals surface area contributed by atoms with Crippen molar-refractivity contribution in [1.82, 2.24) is 4.57 Å². The van der Waals surface area contributed by atoms with Gasteiger partial charge in [0.25, 0.3) is 0 Å². The highest BCUT2D eigenvalue weighted by Gasteiger charge is 2.34. The fourth-order valence-corrected chi connectivity index (χ4v) is 3.52. The number of benzene rings is 2. The molecule has 0 N–H and O–H groups in total. The van der Waals surface area contributed by atoms with Crippen molar-refractivity contribution in [2.45, 2.75) is 20.4 Å². The van der Waals surface area contributed by atoms with Crippen molar-refractivity contribution in [3.8, 4) is 5.75 Å². The molecule has 4 nitrogen and oxygen atoms in total. The Morgan fingerprint density at radius 2 is 1.67 bits per heavy atom. The number of carbonyl (C=O) groups excluding carboxylic acids is 2. The second kappa shape index (κ2) is 5.34. The van der Waals surface area contributed by atoms with Gasteiger partial charge in [-0.2, -0.15) is 0 Å². The molecular formula is C20H17NO3. The summed E-state index contributed by atoms with van der Waals surface area (Å²) in [5, 5.41) is 0.808. The van der Waals surface area contributed by atoms with Crippen LogP contribution in [0.3, 0.4) is 0 Å². The van der Waals surface area contributed by atoms with Gasteiger partial charge < -0.3 is 9.30 Å². The van der Waals surface area contributed by atoms with Gasteiger partial charge in [0.05, 0.1) is 17.7 Å². The third-order valence-electron chi connectivity index (χ3n) is 4.52. The Morgan fingerprint density at radius 3 is 2.33 bits per heavy atom. The molecule has 0 atom stereocenters. The van der Waals surface area contributed by atoms with Gasteiger partial charge in [-0.15, -0.1) is 0 Å². The zero-order valence-corrected chi connectivity index (χ0v) is 13.6. The van der Waals surface area contributed by atoms with E-state index in [9.17, 15) is 9.59 Å². The molecule has 0 saturated heterocycles. The summed E-state index contributed by atoms with van der Waals surface area (Å²) >= 11 is 0. The molecule has 0 fully saturated rings. The standard InChI is InChI=1S/C20H17NO3/c1-3-21-16-11-12(24-4-2)9-10-15(16)17-18(21)20(23)14-8-6-5-7-13(14)19(17)22/h5-11H,3-4H2,1-2H3. The van der Waals surface area contributed by atoms with Gasteiger partial charge in [0.1, 0.15) is 11.4 Å². The first-order valence-electron chi connectivity index (χ1n) is 8.14. The predicted molar refractivity (Wildman–Crippen MR) is 92.1 cm³/mol. The average molecular weight is 319 g/mol. The van der Waals surface area contributed by atoms with Crippen LogP contribution in [0, 0.1) is 0 Å². The Hall–Kier alpha value is -2.88. The largest absolute Gasteiger partial charge is 0.494 e. The molecular weight excluding hydrogens is 302 g/mol. The summed E-state index contributed by atoms with van der Waals surface area (Å²) in [4.78, 5) is 26.0. The summed E-state index contributed by atoms with van der Waals surface area (Å²) in [6.07, 6.45) is 0. The van der Waals surface area contributed by atoms with E-state index in [0.717, 1.165) is 16.7 Å². The molecule has 0 amide bonds. The first kappa shape index (κ1) is 14.7. The van der Waals surface area contributed by atoms with Crippen LogP contribution in [-0.2, 0) is 6.54 Å². The lowest BCUT2D eigenvalue weighted by Gasteiger charge is -2.16. The van der Waals surface area contributed by atoms with E-state index in [0.29, 0.717) is 35.5 Å². The number of hydrogen-bond donors (Lipinski definition) is 0. The Kier molecular flexibility index (Phi) is 3.27. The molecule has 0 radical (unpaired) electrons. The van der Waals surface area contributed by atoms with E-state index >= 15 is 0 Å². The molecule has 1 aliphatic carbocycles. The second-order valence-electron chi connectivity index (χ2n) is 5.78. The van der Waals surface area contributed by atoms with Crippen molar-refractivity contribution < 1.29 is 14.3 Å². The van der Waals surface area contributed by atoms with Gasteiger partial charge in [-0.3, -0.25) is 9.59 Å². The van der Waals surface area contributed by atoms with Gasteiger partial charge in [-0.05, 0) is 26.0 Å². The molecule has 3 aromatic rings. The fraction of sp³-hybridized carbons (Fsp3) is 0.200. The minimum absolute atomic E-state index is 0.0819. The summed E-state index contributed by atoms with van der Waals surface area (Å²) in [5.41, 5.74) is 2.84. The number of aryl methyl sites for hydroxylation is 1. The first-order valence-corrected chi connectivity index (χ1v) is 8.14. The molecule has 0 unspecified atom stereocenters. The molecule has 1 heterocycles. The maximum Gasteiger partial charge on any atom is 0.210 e. The number of nitrogens with zero attached hydrogens (tertiary/aromatic N) is 1. The van der Waals surface area contributed by atoms with Gasteiger partial charge in [-0.25, -0.2) is 0 Å². The van der Waals surface area contributed by atoms with E-state index < -0.39 is 0 Å². The van der Waals surface area contributed by atoms with E-state index in [1.165, 1.54) is 0 Å². The van der Waals surface area contributed by atoms with Gasteiger partial charge in [0.2, 0.25) is 5.78 Å². The fourth-order valence-electron chi connectivity index (χ4n) is 3.52. The maximum absolute atomic E-state index is 13.0. The van der Waals surface area contributed by atoms with Crippen LogP contribution < -0.4 is 4.74 Å². The Morgan fingerprint density at radius 1 is 0.958 bits per heavy atom. The smallest absolute Gasteiger partial charge is 0.210 e. The van der Waals surface area contributed by atoms with E-state index in [-0.39, 0.29) is 11.6 Å². The van der Waals surface area contributed by atoms with Crippen molar-refractivity contribution in [3.05, 3.63) is 64.8 Å². The zero-order valence-electron chi connectivity index (χ0n) is 13.6. The Balaban J connectivity index is 2.06. The topological polar surface area (TPSA) is 48.3 Å². The molecule has 24 heavy (non-hydrogen) atoms. The number of rotatable bonds is 3. The highest BCUT2D eigenvalue weighted by atomic mass is 16.5. The summed E-state index contributed by atoms with van der Waals surface area (Å²) < 4.78 is 7.50. The molecule has 4 rings (SSSR count). The van der Waals surface area contributed by atoms with Crippen LogP contribution in [0.5, 0.6) is 5.75 Å². The Bertz CT molecular complexity index is 998. The molecule has 0 aliphatic heterocycles. The molecule has 1 aliphatic rings. The minimum Gasteiger partial charge on any atom is -0.494 e. The molecule has 0 bridgehead atoms. The van der Waals surface area contributed by atoms with Crippen molar-refractivity contribution in [3.63, 3.8) is 0 Å². The van der Waals surface area contributed by atoms with Crippen LogP contribution in [0.25, 0.3) is 10.9 Å². The summed E-state index contributed by atoms with van der Waals surface area (Å²) in [7, 11) is 0. The minimum atomic E-state index is -0.0868. The molecule has 0 saturated carbocycles. The van der Waals surface area contributed by atoms with Gasteiger partial charge in [0.15, 0.2) is 5.78 Å². The number of aromatic nitrogens is 1. The van der Waals surface area contributed by atoms with Crippen molar-refractivity contribution in [1.29, 1.82) is 0 Å². The first-order chi connectivity index (χ1) is 11.7. The van der Waals surface area contributed by atoms with E-state index in [2.05, 4.69) is 0 Å². The lowest BCUT2D eigenvalue weighted by molar-refractivity contribution is 0.0974. The van der Waals surface area contributed by atoms with Crippen molar-refractivity contribution in [2.75, 3.05) is 6.61 Å². The number of fused-ring (bicyclic) bond motifs is 4. The van der Waals surface area contributed by atoms with Crippen molar-refractivity contribution >= 4 is 22.5 Å². The SMILES string of the molecule is CCOc1ccc2c3c(n(CC)c2c1)C(=O)c1ccccc1C3=O. The molecule has 2 aromatic carbocycles. The van der Waals surface area contributed by atoms with Crippen LogP contribution in [0.2, 0.25) is 0 Å². The van der Waals surface area contributed by atoms with Gasteiger partial charge in [0, 0.05) is 29.1 Å². The number of carbonyl (C=O) groups is 2. The number of ether oxygens (including phenoxy) is 1. The normalized spacial score (nSPS) is 13.1. The van der Waals surface area contributed by atoms with Gasteiger partial charge in [-0.1, -0.05) is 24.3 Å². The number of hydrogen-bond acceptors (Lipinski definition) is 3. The summed E-state index contributed by atoms with van der Waals surface area (Å²) in [6.45, 7) is 5.09. The highest BCUT2D eigenvalue weighted by molar-refractivity contribution is 6.32. The molecule has 1 aromatic heterocycles. The average Bonchev–Trinajstić information content (AvgIpc) is 2.94. The predicted octanol–water partition coefficient (Wildman–Crippen LogP) is 3.84. The lowest BCUT2D eigenvalue weighted by Crippen LogP contribution is -2.22. The van der Waals surface area contributed by atoms with Crippen LogP contribution >= 0.6 is 0 Å². The summed E-state index contributed by atoms with van der Waals surface area (Å²) in [6, 6.07) is 12.7. The van der Waals surface area contributed by atoms with Crippen LogP contribution in [-0.4, -0.2) is 22.7 Å². The lowest BCUT2D eigenvalue weighted by atomic mass is 9.87. The molecule has 4 heteroatoms. The summed E-state index contributed by atoms with van der Waals surface area (Å²) in [5.74, 6) is 0.574. The molecule has 120 valence electrons. The highest BCUT2D eigenvalue weighted by Crippen LogP contribution is 2.36. The van der Waals surface area contributed by atoms with Crippen LogP contribution in [0.4, 0.5) is 0 Å². The van der Waals surface area contributed by atoms with Crippen molar-refractivity contribution in [2.24, 2.45) is 0 Å². The van der Waals surface area contributed by atoms with E-state index in [4.69, 9.17) is 4.74 Å². The zero-order chi connectivity index (χ0) is 16.8. The third-order valence-corrected chi connectivity index (χ3v) is 4.52. The van der Waals surface area contributed by atoms with Gasteiger partial charge >= 0.3 is 0 Å². The number of ketones is 2. The third kappa shape index (κ3) is 1.86. The van der Waals surface area contributed by atoms with Crippen LogP contribution in [0.1, 0.15) is 45.8 Å². The quantitative estimate of drug-likeness (QED) is 0.576. The Labute approximate surface area is 139 Å². The molecule has 0 spiro atoms. The second-order valence-corrected chi connectivity index (χ2v) is 5.78. The van der Waals surface area contributed by atoms with Crippen LogP contribution in [0.15, 0.2) is 42.5 Å². The van der Waals surface area contributed by atoms with E-state index in [1.54, 1.807) is 24.3 Å². The van der Waals surface area contributed by atoms with E-state index in [1.807, 2.05) is 36.6 Å².